The van der Waals surface area contributed by atoms with Crippen LogP contribution in [0.5, 0.6) is 5.75 Å². The molecule has 10 heteroatoms. The monoisotopic (exact) mass is 466 g/mol. The van der Waals surface area contributed by atoms with E-state index in [-0.39, 0.29) is 16.1 Å². The Kier molecular flexibility index (Phi) is 6.80. The van der Waals surface area contributed by atoms with Crippen LogP contribution in [0.4, 0.5) is 11.4 Å². The Morgan fingerprint density at radius 1 is 1.00 bits per heavy atom. The second kappa shape index (κ2) is 9.55. The van der Waals surface area contributed by atoms with Crippen LogP contribution in [-0.2, 0) is 14.8 Å². The van der Waals surface area contributed by atoms with Gasteiger partial charge in [0.2, 0.25) is 15.9 Å². The first-order chi connectivity index (χ1) is 15.6. The van der Waals surface area contributed by atoms with E-state index in [0.29, 0.717) is 28.1 Å². The number of sulfonamides is 1. The van der Waals surface area contributed by atoms with Gasteiger partial charge in [-0.15, -0.1) is 0 Å². The summed E-state index contributed by atoms with van der Waals surface area (Å²) in [5.74, 6) is -0.474. The zero-order chi connectivity index (χ0) is 24.2. The van der Waals surface area contributed by atoms with E-state index in [1.807, 2.05) is 0 Å². The van der Waals surface area contributed by atoms with Crippen LogP contribution in [0.2, 0.25) is 0 Å². The van der Waals surface area contributed by atoms with Crippen molar-refractivity contribution >= 4 is 39.3 Å². The Morgan fingerprint density at radius 3 is 2.18 bits per heavy atom. The first-order valence-corrected chi connectivity index (χ1v) is 11.1. The van der Waals surface area contributed by atoms with Gasteiger partial charge in [0.15, 0.2) is 0 Å². The summed E-state index contributed by atoms with van der Waals surface area (Å²) in [7, 11) is -2.31. The predicted molar refractivity (Wildman–Crippen MR) is 127 cm³/mol. The quantitative estimate of drug-likeness (QED) is 0.308. The fourth-order valence-corrected chi connectivity index (χ4v) is 3.58. The molecule has 0 heterocycles. The largest absolute Gasteiger partial charge is 0.497 e. The molecule has 3 rings (SSSR count). The predicted octanol–water partition coefficient (Wildman–Crippen LogP) is 2.34. The average Bonchev–Trinajstić information content (AvgIpc) is 2.78. The van der Waals surface area contributed by atoms with Gasteiger partial charge in [-0.05, 0) is 65.7 Å². The maximum absolute atomic E-state index is 12.3. The Balaban J connectivity index is 1.91. The lowest BCUT2D eigenvalue weighted by Gasteiger charge is -2.12. The summed E-state index contributed by atoms with van der Waals surface area (Å²) in [4.78, 5) is 24.1. The molecular formula is C23H22N4O5S. The molecule has 3 aromatic carbocycles. The Bertz CT molecular complexity index is 1330. The third kappa shape index (κ3) is 5.76. The second-order valence-corrected chi connectivity index (χ2v) is 8.58. The summed E-state index contributed by atoms with van der Waals surface area (Å²) in [5, 5.41) is 7.85. The molecule has 7 N–H and O–H groups in total. The summed E-state index contributed by atoms with van der Waals surface area (Å²) in [6, 6.07) is 15.6. The van der Waals surface area contributed by atoms with Crippen molar-refractivity contribution in [3.8, 4) is 16.9 Å². The first kappa shape index (κ1) is 23.5. The molecule has 0 fully saturated rings. The van der Waals surface area contributed by atoms with Crippen molar-refractivity contribution in [3.05, 3.63) is 77.9 Å². The number of primary amides is 1. The minimum Gasteiger partial charge on any atom is -0.497 e. The molecule has 0 aliphatic rings. The summed E-state index contributed by atoms with van der Waals surface area (Å²) in [5.41, 5.74) is 13.9. The van der Waals surface area contributed by atoms with E-state index in [2.05, 4.69) is 5.32 Å². The number of carbonyl (C=O) groups excluding carboxylic acids is 2. The number of amides is 2. The number of ether oxygens (including phenoxy) is 1. The van der Waals surface area contributed by atoms with E-state index >= 15 is 0 Å². The maximum Gasteiger partial charge on any atom is 0.250 e. The molecule has 0 saturated heterocycles. The molecular weight excluding hydrogens is 444 g/mol. The second-order valence-electron chi connectivity index (χ2n) is 7.01. The molecule has 0 bridgehead atoms. The van der Waals surface area contributed by atoms with Crippen molar-refractivity contribution in [3.63, 3.8) is 0 Å². The molecule has 0 unspecified atom stereocenters. The first-order valence-electron chi connectivity index (χ1n) is 9.58. The number of hydrogen-bond acceptors (Lipinski definition) is 6. The van der Waals surface area contributed by atoms with Crippen LogP contribution >= 0.6 is 0 Å². The molecule has 0 atom stereocenters. The van der Waals surface area contributed by atoms with Gasteiger partial charge >= 0.3 is 0 Å². The van der Waals surface area contributed by atoms with Crippen molar-refractivity contribution in [1.82, 2.24) is 0 Å². The van der Waals surface area contributed by atoms with Gasteiger partial charge in [-0.1, -0.05) is 12.1 Å². The summed E-state index contributed by atoms with van der Waals surface area (Å²) in [6.07, 6.45) is 2.81. The van der Waals surface area contributed by atoms with E-state index in [4.69, 9.17) is 21.3 Å². The lowest BCUT2D eigenvalue weighted by molar-refractivity contribution is -0.111. The molecule has 170 valence electrons. The number of nitrogen functional groups attached to an aromatic ring is 1. The highest BCUT2D eigenvalue weighted by Crippen LogP contribution is 2.31. The Hall–Kier alpha value is -4.15. The van der Waals surface area contributed by atoms with E-state index in [1.54, 1.807) is 37.4 Å². The van der Waals surface area contributed by atoms with Gasteiger partial charge in [0.1, 0.15) is 5.75 Å². The lowest BCUT2D eigenvalue weighted by atomic mass is 9.96. The normalized spacial score (nSPS) is 11.3. The van der Waals surface area contributed by atoms with Gasteiger partial charge < -0.3 is 21.5 Å². The van der Waals surface area contributed by atoms with Crippen LogP contribution in [0, 0.1) is 0 Å². The zero-order valence-corrected chi connectivity index (χ0v) is 18.4. The van der Waals surface area contributed by atoms with E-state index < -0.39 is 21.8 Å². The number of carbonyl (C=O) groups is 2. The molecule has 9 nitrogen and oxygen atoms in total. The van der Waals surface area contributed by atoms with Gasteiger partial charge in [0, 0.05) is 17.3 Å². The van der Waals surface area contributed by atoms with Crippen molar-refractivity contribution in [2.45, 2.75) is 4.90 Å². The molecule has 0 aliphatic heterocycles. The van der Waals surface area contributed by atoms with E-state index in [1.165, 1.54) is 42.5 Å². The average molecular weight is 467 g/mol. The number of methoxy groups -OCH3 is 1. The highest BCUT2D eigenvalue weighted by atomic mass is 32.2. The van der Waals surface area contributed by atoms with Gasteiger partial charge in [-0.2, -0.15) is 0 Å². The van der Waals surface area contributed by atoms with E-state index in [0.717, 1.165) is 0 Å². The number of rotatable bonds is 7. The third-order valence-corrected chi connectivity index (χ3v) is 5.68. The van der Waals surface area contributed by atoms with Crippen LogP contribution in [0.25, 0.3) is 17.2 Å². The summed E-state index contributed by atoms with van der Waals surface area (Å²) in [6.45, 7) is 0. The fraction of sp³-hybridized carbons (Fsp3) is 0.0435. The Labute approximate surface area is 190 Å². The van der Waals surface area contributed by atoms with Crippen molar-refractivity contribution in [2.75, 3.05) is 18.2 Å². The van der Waals surface area contributed by atoms with Crippen LogP contribution in [0.3, 0.4) is 0 Å². The number of primary sulfonamides is 1. The van der Waals surface area contributed by atoms with Crippen molar-refractivity contribution in [2.24, 2.45) is 10.9 Å². The molecule has 0 radical (unpaired) electrons. The van der Waals surface area contributed by atoms with Gasteiger partial charge in [-0.25, -0.2) is 13.6 Å². The van der Waals surface area contributed by atoms with Crippen LogP contribution in [0.1, 0.15) is 15.9 Å². The minimum absolute atomic E-state index is 0.0637. The molecule has 0 saturated carbocycles. The highest BCUT2D eigenvalue weighted by Gasteiger charge is 2.15. The van der Waals surface area contributed by atoms with Crippen LogP contribution in [-0.4, -0.2) is 27.3 Å². The number of benzene rings is 3. The zero-order valence-electron chi connectivity index (χ0n) is 17.6. The number of nitrogens with two attached hydrogens (primary N) is 3. The van der Waals surface area contributed by atoms with Gasteiger partial charge in [0.05, 0.1) is 23.3 Å². The van der Waals surface area contributed by atoms with E-state index in [9.17, 15) is 18.0 Å². The molecule has 0 aromatic heterocycles. The minimum atomic E-state index is -3.86. The smallest absolute Gasteiger partial charge is 0.250 e. The summed E-state index contributed by atoms with van der Waals surface area (Å²) < 4.78 is 28.1. The Morgan fingerprint density at radius 2 is 1.64 bits per heavy atom. The number of nitrogens with one attached hydrogen (secondary N) is 1. The molecule has 3 aromatic rings. The molecule has 0 aliphatic carbocycles. The van der Waals surface area contributed by atoms with Crippen molar-refractivity contribution < 1.29 is 22.7 Å². The van der Waals surface area contributed by atoms with Gasteiger partial charge in [-0.3, -0.25) is 9.59 Å². The molecule has 2 amide bonds. The lowest BCUT2D eigenvalue weighted by Crippen LogP contribution is -2.14. The fourth-order valence-electron chi connectivity index (χ4n) is 3.07. The number of anilines is 2. The standard InChI is InChI=1S/C23H22N4O5S/c1-32-17-7-5-16(6-8-17)27-21(28)11-2-14-12-19(22(24)20(13-14)23(25)29)15-3-9-18(10-4-15)33(26,30)31/h2-13H,24H2,1H3,(H2,25,29)(H,27,28)(H2,26,30,31)/b11-2+. The third-order valence-electron chi connectivity index (χ3n) is 4.75. The SMILES string of the molecule is COc1ccc(NC(=O)/C=C/c2cc(C(N)=O)c(N)c(-c3ccc(S(N)(=O)=O)cc3)c2)cc1. The topological polar surface area (TPSA) is 168 Å². The van der Waals surface area contributed by atoms with Gasteiger partial charge in [0.25, 0.3) is 5.91 Å². The molecule has 0 spiro atoms. The van der Waals surface area contributed by atoms with Crippen LogP contribution in [0.15, 0.2) is 71.6 Å². The summed E-state index contributed by atoms with van der Waals surface area (Å²) >= 11 is 0. The van der Waals surface area contributed by atoms with Crippen molar-refractivity contribution in [1.29, 1.82) is 0 Å². The highest BCUT2D eigenvalue weighted by molar-refractivity contribution is 7.89. The maximum atomic E-state index is 12.3. The molecule has 33 heavy (non-hydrogen) atoms. The van der Waals surface area contributed by atoms with Crippen LogP contribution < -0.4 is 26.7 Å². The number of hydrogen-bond donors (Lipinski definition) is 4.